The smallest absolute Gasteiger partial charge is 0.128 e. The van der Waals surface area contributed by atoms with Gasteiger partial charge in [-0.2, -0.15) is 0 Å². The number of nitrogen functional groups attached to an aromatic ring is 1. The molecular weight excluding hydrogens is 224 g/mol. The lowest BCUT2D eigenvalue weighted by atomic mass is 9.79. The first-order valence-electron chi connectivity index (χ1n) is 6.58. The summed E-state index contributed by atoms with van der Waals surface area (Å²) in [5.41, 5.74) is 7.16. The van der Waals surface area contributed by atoms with Crippen LogP contribution < -0.4 is 11.1 Å². The van der Waals surface area contributed by atoms with Gasteiger partial charge in [-0.3, -0.25) is 0 Å². The van der Waals surface area contributed by atoms with Crippen LogP contribution in [0.2, 0.25) is 0 Å². The number of hydrogen-bond donors (Lipinski definition) is 2. The molecule has 0 aliphatic rings. The van der Waals surface area contributed by atoms with Crippen molar-refractivity contribution in [1.29, 1.82) is 0 Å². The molecule has 0 aliphatic heterocycles. The molecule has 102 valence electrons. The quantitative estimate of drug-likeness (QED) is 0.811. The summed E-state index contributed by atoms with van der Waals surface area (Å²) in [6, 6.07) is 4.19. The van der Waals surface area contributed by atoms with E-state index in [1.54, 1.807) is 6.20 Å². The van der Waals surface area contributed by atoms with E-state index in [2.05, 4.69) is 49.2 Å². The molecule has 1 heterocycles. The summed E-state index contributed by atoms with van der Waals surface area (Å²) in [5.74, 6) is 0.616. The van der Waals surface area contributed by atoms with Crippen molar-refractivity contribution in [3.05, 3.63) is 23.9 Å². The maximum Gasteiger partial charge on any atom is 0.128 e. The maximum absolute atomic E-state index is 6.03. The van der Waals surface area contributed by atoms with Crippen LogP contribution in [-0.4, -0.2) is 36.6 Å². The van der Waals surface area contributed by atoms with Gasteiger partial charge in [0, 0.05) is 17.3 Å². The van der Waals surface area contributed by atoms with Gasteiger partial charge in [0.1, 0.15) is 5.82 Å². The molecule has 1 aromatic rings. The van der Waals surface area contributed by atoms with E-state index >= 15 is 0 Å². The van der Waals surface area contributed by atoms with E-state index in [0.29, 0.717) is 5.82 Å². The zero-order valence-electron chi connectivity index (χ0n) is 12.2. The topological polar surface area (TPSA) is 54.2 Å². The van der Waals surface area contributed by atoms with E-state index in [1.807, 2.05) is 13.1 Å². The van der Waals surface area contributed by atoms with E-state index < -0.39 is 0 Å². The number of hydrogen-bond acceptors (Lipinski definition) is 4. The van der Waals surface area contributed by atoms with Crippen LogP contribution in [-0.2, 0) is 0 Å². The molecule has 0 amide bonds. The minimum atomic E-state index is 0.0475. The van der Waals surface area contributed by atoms with Gasteiger partial charge in [0.25, 0.3) is 0 Å². The van der Waals surface area contributed by atoms with E-state index in [4.69, 9.17) is 5.73 Å². The first kappa shape index (κ1) is 14.9. The number of aromatic nitrogens is 1. The lowest BCUT2D eigenvalue weighted by Crippen LogP contribution is -2.52. The highest BCUT2D eigenvalue weighted by atomic mass is 15.2. The molecule has 0 fully saturated rings. The number of anilines is 1. The molecular formula is C14H26N4. The predicted octanol–water partition coefficient (Wildman–Crippen LogP) is 2.04. The molecule has 4 nitrogen and oxygen atoms in total. The standard InChI is InChI=1S/C14H26N4/c1-6-14(7-2,18(4)5)12(16-3)11-9-8-10-17-13(11)15/h8-10,12,16H,6-7H2,1-5H3,(H2,15,17). The number of rotatable bonds is 6. The Morgan fingerprint density at radius 3 is 2.39 bits per heavy atom. The molecule has 1 aromatic heterocycles. The van der Waals surface area contributed by atoms with Crippen molar-refractivity contribution in [2.45, 2.75) is 38.3 Å². The van der Waals surface area contributed by atoms with Crippen LogP contribution in [0.25, 0.3) is 0 Å². The lowest BCUT2D eigenvalue weighted by Gasteiger charge is -2.45. The van der Waals surface area contributed by atoms with Gasteiger partial charge in [-0.25, -0.2) is 4.98 Å². The monoisotopic (exact) mass is 250 g/mol. The Morgan fingerprint density at radius 1 is 1.39 bits per heavy atom. The Kier molecular flexibility index (Phi) is 5.11. The zero-order valence-corrected chi connectivity index (χ0v) is 12.2. The molecule has 0 radical (unpaired) electrons. The molecule has 18 heavy (non-hydrogen) atoms. The maximum atomic E-state index is 6.03. The summed E-state index contributed by atoms with van der Waals surface area (Å²) in [5, 5.41) is 3.42. The summed E-state index contributed by atoms with van der Waals surface area (Å²) < 4.78 is 0. The average Bonchev–Trinajstić information content (AvgIpc) is 2.37. The molecule has 0 spiro atoms. The highest BCUT2D eigenvalue weighted by molar-refractivity contribution is 5.42. The molecule has 3 N–H and O–H groups in total. The van der Waals surface area contributed by atoms with E-state index in [0.717, 1.165) is 18.4 Å². The van der Waals surface area contributed by atoms with Crippen LogP contribution >= 0.6 is 0 Å². The number of likely N-dealkylation sites (N-methyl/N-ethyl adjacent to an activating group) is 2. The minimum absolute atomic E-state index is 0.0475. The van der Waals surface area contributed by atoms with Gasteiger partial charge in [0.05, 0.1) is 6.04 Å². The largest absolute Gasteiger partial charge is 0.383 e. The molecule has 0 aliphatic carbocycles. The van der Waals surface area contributed by atoms with Crippen molar-refractivity contribution in [3.63, 3.8) is 0 Å². The van der Waals surface area contributed by atoms with Gasteiger partial charge in [0.2, 0.25) is 0 Å². The average molecular weight is 250 g/mol. The van der Waals surface area contributed by atoms with Crippen molar-refractivity contribution < 1.29 is 0 Å². The van der Waals surface area contributed by atoms with Crippen molar-refractivity contribution in [2.75, 3.05) is 26.9 Å². The number of nitrogens with zero attached hydrogens (tertiary/aromatic N) is 2. The molecule has 0 aromatic carbocycles. The summed E-state index contributed by atoms with van der Waals surface area (Å²) in [4.78, 5) is 6.50. The van der Waals surface area contributed by atoms with Crippen LogP contribution in [0.5, 0.6) is 0 Å². The molecule has 4 heteroatoms. The molecule has 0 bridgehead atoms. The van der Waals surface area contributed by atoms with E-state index in [9.17, 15) is 0 Å². The van der Waals surface area contributed by atoms with Crippen molar-refractivity contribution in [2.24, 2.45) is 0 Å². The summed E-state index contributed by atoms with van der Waals surface area (Å²) in [7, 11) is 6.24. The second-order valence-corrected chi connectivity index (χ2v) is 4.90. The van der Waals surface area contributed by atoms with Gasteiger partial charge in [0.15, 0.2) is 0 Å². The second-order valence-electron chi connectivity index (χ2n) is 4.90. The van der Waals surface area contributed by atoms with Crippen molar-refractivity contribution in [1.82, 2.24) is 15.2 Å². The fourth-order valence-corrected chi connectivity index (χ4v) is 2.94. The Labute approximate surface area is 111 Å². The van der Waals surface area contributed by atoms with Gasteiger partial charge in [-0.15, -0.1) is 0 Å². The SMILES string of the molecule is CCC(CC)(C(NC)c1cccnc1N)N(C)C. The van der Waals surface area contributed by atoms with Gasteiger partial charge in [-0.05, 0) is 40.1 Å². The lowest BCUT2D eigenvalue weighted by molar-refractivity contribution is 0.0919. The highest BCUT2D eigenvalue weighted by Gasteiger charge is 2.38. The van der Waals surface area contributed by atoms with Crippen LogP contribution in [0.1, 0.15) is 38.3 Å². The van der Waals surface area contributed by atoms with Gasteiger partial charge < -0.3 is 16.0 Å². The summed E-state index contributed by atoms with van der Waals surface area (Å²) in [6.07, 6.45) is 3.84. The van der Waals surface area contributed by atoms with Crippen LogP contribution in [0.3, 0.4) is 0 Å². The van der Waals surface area contributed by atoms with Crippen molar-refractivity contribution >= 4 is 5.82 Å². The molecule has 1 atom stereocenters. The fraction of sp³-hybridized carbons (Fsp3) is 0.643. The molecule has 0 saturated carbocycles. The van der Waals surface area contributed by atoms with Crippen molar-refractivity contribution in [3.8, 4) is 0 Å². The van der Waals surface area contributed by atoms with Crippen LogP contribution in [0.15, 0.2) is 18.3 Å². The third kappa shape index (κ3) is 2.49. The number of nitrogens with two attached hydrogens (primary N) is 1. The highest BCUT2D eigenvalue weighted by Crippen LogP contribution is 2.37. The second kappa shape index (κ2) is 6.16. The molecule has 1 unspecified atom stereocenters. The number of pyridine rings is 1. The zero-order chi connectivity index (χ0) is 13.8. The summed E-state index contributed by atoms with van der Waals surface area (Å²) in [6.45, 7) is 4.45. The van der Waals surface area contributed by atoms with E-state index in [1.165, 1.54) is 0 Å². The van der Waals surface area contributed by atoms with Gasteiger partial charge in [-0.1, -0.05) is 19.9 Å². The first-order chi connectivity index (χ1) is 8.53. The third-order valence-electron chi connectivity index (χ3n) is 4.12. The van der Waals surface area contributed by atoms with Crippen LogP contribution in [0, 0.1) is 0 Å². The molecule has 0 saturated heterocycles. The normalized spacial score (nSPS) is 13.9. The Morgan fingerprint density at radius 2 is 2.00 bits per heavy atom. The number of nitrogens with one attached hydrogen (secondary N) is 1. The Balaban J connectivity index is 3.27. The Hall–Kier alpha value is -1.13. The minimum Gasteiger partial charge on any atom is -0.383 e. The fourth-order valence-electron chi connectivity index (χ4n) is 2.94. The van der Waals surface area contributed by atoms with Crippen LogP contribution in [0.4, 0.5) is 5.82 Å². The summed E-state index contributed by atoms with van der Waals surface area (Å²) >= 11 is 0. The van der Waals surface area contributed by atoms with Gasteiger partial charge >= 0.3 is 0 Å². The van der Waals surface area contributed by atoms with E-state index in [-0.39, 0.29) is 11.6 Å². The third-order valence-corrected chi connectivity index (χ3v) is 4.12. The molecule has 1 rings (SSSR count). The predicted molar refractivity (Wildman–Crippen MR) is 77.5 cm³/mol. The first-order valence-corrected chi connectivity index (χ1v) is 6.58. The Bertz CT molecular complexity index is 372.